The molecule has 16 heavy (non-hydrogen) atoms. The molecule has 0 saturated heterocycles. The Hall–Kier alpha value is -1.62. The van der Waals surface area contributed by atoms with Gasteiger partial charge in [-0.05, 0) is 13.8 Å². The molecule has 0 radical (unpaired) electrons. The van der Waals surface area contributed by atoms with Crippen LogP contribution in [-0.2, 0) is 0 Å². The standard InChI is InChI=1S/C10H12ClN5/c1-3-12-10-14-7(2)4-9(15-10)16-6-8(11)5-13-16/h4-6H,3H2,1-2H3,(H,12,14,15). The minimum Gasteiger partial charge on any atom is -0.354 e. The first-order valence-electron chi connectivity index (χ1n) is 4.99. The normalized spacial score (nSPS) is 10.4. The Bertz CT molecular complexity index is 494. The molecule has 0 aliphatic rings. The molecule has 6 heteroatoms. The Kier molecular flexibility index (Phi) is 3.05. The van der Waals surface area contributed by atoms with Crippen molar-refractivity contribution in [3.8, 4) is 5.82 Å². The number of hydrogen-bond donors (Lipinski definition) is 1. The molecular weight excluding hydrogens is 226 g/mol. The average molecular weight is 238 g/mol. The average Bonchev–Trinajstić information content (AvgIpc) is 2.64. The molecule has 0 bridgehead atoms. The predicted molar refractivity (Wildman–Crippen MR) is 63.1 cm³/mol. The van der Waals surface area contributed by atoms with Crippen LogP contribution in [0.3, 0.4) is 0 Å². The first-order chi connectivity index (χ1) is 7.69. The van der Waals surface area contributed by atoms with E-state index < -0.39 is 0 Å². The van der Waals surface area contributed by atoms with E-state index in [1.807, 2.05) is 19.9 Å². The summed E-state index contributed by atoms with van der Waals surface area (Å²) in [6, 6.07) is 1.85. The topological polar surface area (TPSA) is 55.6 Å². The summed E-state index contributed by atoms with van der Waals surface area (Å²) in [6.45, 7) is 4.69. The summed E-state index contributed by atoms with van der Waals surface area (Å²) in [4.78, 5) is 8.59. The van der Waals surface area contributed by atoms with E-state index in [0.29, 0.717) is 16.8 Å². The highest BCUT2D eigenvalue weighted by atomic mass is 35.5. The Morgan fingerprint density at radius 2 is 2.25 bits per heavy atom. The Morgan fingerprint density at radius 3 is 2.88 bits per heavy atom. The first-order valence-corrected chi connectivity index (χ1v) is 5.37. The van der Waals surface area contributed by atoms with Gasteiger partial charge in [-0.2, -0.15) is 10.1 Å². The zero-order valence-corrected chi connectivity index (χ0v) is 9.86. The fourth-order valence-electron chi connectivity index (χ4n) is 1.33. The largest absolute Gasteiger partial charge is 0.354 e. The lowest BCUT2D eigenvalue weighted by molar-refractivity contribution is 0.835. The van der Waals surface area contributed by atoms with Crippen molar-refractivity contribution in [2.45, 2.75) is 13.8 Å². The minimum atomic E-state index is 0.585. The van der Waals surface area contributed by atoms with E-state index in [2.05, 4.69) is 20.4 Å². The van der Waals surface area contributed by atoms with Crippen molar-refractivity contribution >= 4 is 17.5 Å². The summed E-state index contributed by atoms with van der Waals surface area (Å²) in [6.07, 6.45) is 3.28. The Morgan fingerprint density at radius 1 is 1.44 bits per heavy atom. The van der Waals surface area contributed by atoms with Gasteiger partial charge in [-0.1, -0.05) is 11.6 Å². The van der Waals surface area contributed by atoms with Crippen LogP contribution in [0.25, 0.3) is 5.82 Å². The van der Waals surface area contributed by atoms with Crippen molar-refractivity contribution in [1.82, 2.24) is 19.7 Å². The van der Waals surface area contributed by atoms with Crippen LogP contribution in [0, 0.1) is 6.92 Å². The SMILES string of the molecule is CCNc1nc(C)cc(-n2cc(Cl)cn2)n1. The maximum Gasteiger partial charge on any atom is 0.224 e. The molecule has 2 aromatic rings. The number of aromatic nitrogens is 4. The van der Waals surface area contributed by atoms with Gasteiger partial charge in [0, 0.05) is 18.3 Å². The Balaban J connectivity index is 2.40. The first kappa shape index (κ1) is 10.9. The second-order valence-corrected chi connectivity index (χ2v) is 3.76. The lowest BCUT2D eigenvalue weighted by Crippen LogP contribution is -2.07. The molecule has 0 fully saturated rings. The fourth-order valence-corrected chi connectivity index (χ4v) is 1.47. The highest BCUT2D eigenvalue weighted by Crippen LogP contribution is 2.12. The van der Waals surface area contributed by atoms with E-state index in [1.165, 1.54) is 0 Å². The molecule has 2 rings (SSSR count). The fraction of sp³-hybridized carbons (Fsp3) is 0.300. The summed E-state index contributed by atoms with van der Waals surface area (Å²) in [5.74, 6) is 1.31. The molecule has 0 saturated carbocycles. The van der Waals surface area contributed by atoms with Gasteiger partial charge in [0.15, 0.2) is 5.82 Å². The zero-order chi connectivity index (χ0) is 11.5. The zero-order valence-electron chi connectivity index (χ0n) is 9.11. The van der Waals surface area contributed by atoms with Crippen molar-refractivity contribution in [3.63, 3.8) is 0 Å². The molecule has 0 aliphatic heterocycles. The second kappa shape index (κ2) is 4.49. The summed E-state index contributed by atoms with van der Waals surface area (Å²) in [5.41, 5.74) is 0.882. The smallest absolute Gasteiger partial charge is 0.224 e. The molecule has 0 atom stereocenters. The number of aryl methyl sites for hydroxylation is 1. The van der Waals surface area contributed by atoms with E-state index in [1.54, 1.807) is 17.1 Å². The van der Waals surface area contributed by atoms with Crippen molar-refractivity contribution in [3.05, 3.63) is 29.2 Å². The van der Waals surface area contributed by atoms with Gasteiger partial charge in [0.05, 0.1) is 17.4 Å². The van der Waals surface area contributed by atoms with Crippen LogP contribution < -0.4 is 5.32 Å². The van der Waals surface area contributed by atoms with Crippen molar-refractivity contribution in [1.29, 1.82) is 0 Å². The number of hydrogen-bond acceptors (Lipinski definition) is 4. The molecule has 1 N–H and O–H groups in total. The summed E-state index contributed by atoms with van der Waals surface area (Å²) < 4.78 is 1.62. The van der Waals surface area contributed by atoms with E-state index >= 15 is 0 Å². The highest BCUT2D eigenvalue weighted by molar-refractivity contribution is 6.30. The molecule has 2 aromatic heterocycles. The monoisotopic (exact) mass is 237 g/mol. The van der Waals surface area contributed by atoms with Crippen LogP contribution in [-0.4, -0.2) is 26.3 Å². The van der Waals surface area contributed by atoms with Gasteiger partial charge in [-0.25, -0.2) is 9.67 Å². The molecule has 0 aliphatic carbocycles. The number of anilines is 1. The maximum absolute atomic E-state index is 5.81. The van der Waals surface area contributed by atoms with Gasteiger partial charge in [-0.3, -0.25) is 0 Å². The predicted octanol–water partition coefficient (Wildman–Crippen LogP) is 2.06. The number of nitrogens with zero attached hydrogens (tertiary/aromatic N) is 4. The number of nitrogens with one attached hydrogen (secondary N) is 1. The second-order valence-electron chi connectivity index (χ2n) is 3.32. The van der Waals surface area contributed by atoms with Crippen molar-refractivity contribution in [2.24, 2.45) is 0 Å². The van der Waals surface area contributed by atoms with Gasteiger partial charge in [0.1, 0.15) is 0 Å². The van der Waals surface area contributed by atoms with Crippen LogP contribution in [0.1, 0.15) is 12.6 Å². The van der Waals surface area contributed by atoms with Crippen LogP contribution in [0.4, 0.5) is 5.95 Å². The summed E-state index contributed by atoms with van der Waals surface area (Å²) in [5, 5.41) is 7.75. The van der Waals surface area contributed by atoms with Crippen LogP contribution in [0.2, 0.25) is 5.02 Å². The van der Waals surface area contributed by atoms with E-state index in [-0.39, 0.29) is 0 Å². The third-order valence-electron chi connectivity index (χ3n) is 1.96. The molecule has 0 spiro atoms. The molecule has 5 nitrogen and oxygen atoms in total. The summed E-state index contributed by atoms with van der Waals surface area (Å²) in [7, 11) is 0. The summed E-state index contributed by atoms with van der Waals surface area (Å²) >= 11 is 5.81. The highest BCUT2D eigenvalue weighted by Gasteiger charge is 2.04. The van der Waals surface area contributed by atoms with E-state index in [0.717, 1.165) is 12.2 Å². The van der Waals surface area contributed by atoms with Crippen LogP contribution in [0.15, 0.2) is 18.5 Å². The Labute approximate surface area is 98.5 Å². The maximum atomic E-state index is 5.81. The minimum absolute atomic E-state index is 0.585. The molecule has 0 amide bonds. The van der Waals surface area contributed by atoms with E-state index in [4.69, 9.17) is 11.6 Å². The quantitative estimate of drug-likeness (QED) is 0.888. The molecule has 0 aromatic carbocycles. The van der Waals surface area contributed by atoms with Gasteiger partial charge < -0.3 is 5.32 Å². The lowest BCUT2D eigenvalue weighted by atomic mass is 10.4. The van der Waals surface area contributed by atoms with Crippen molar-refractivity contribution in [2.75, 3.05) is 11.9 Å². The van der Waals surface area contributed by atoms with Gasteiger partial charge in [-0.15, -0.1) is 0 Å². The molecule has 2 heterocycles. The van der Waals surface area contributed by atoms with Gasteiger partial charge >= 0.3 is 0 Å². The number of halogens is 1. The van der Waals surface area contributed by atoms with Crippen LogP contribution in [0.5, 0.6) is 0 Å². The third-order valence-corrected chi connectivity index (χ3v) is 2.16. The molecule has 0 unspecified atom stereocenters. The van der Waals surface area contributed by atoms with Crippen LogP contribution >= 0.6 is 11.6 Å². The third kappa shape index (κ3) is 2.30. The van der Waals surface area contributed by atoms with Crippen molar-refractivity contribution < 1.29 is 0 Å². The lowest BCUT2D eigenvalue weighted by Gasteiger charge is -2.06. The van der Waals surface area contributed by atoms with E-state index in [9.17, 15) is 0 Å². The van der Waals surface area contributed by atoms with Gasteiger partial charge in [0.2, 0.25) is 5.95 Å². The van der Waals surface area contributed by atoms with Gasteiger partial charge in [0.25, 0.3) is 0 Å². The molecule has 84 valence electrons. The molecular formula is C10H12ClN5. The number of rotatable bonds is 3.